The molecule has 0 bridgehead atoms. The summed E-state index contributed by atoms with van der Waals surface area (Å²) in [6.45, 7) is 8.44. The summed E-state index contributed by atoms with van der Waals surface area (Å²) < 4.78 is 5.56. The Morgan fingerprint density at radius 2 is 2.10 bits per heavy atom. The van der Waals surface area contributed by atoms with Crippen molar-refractivity contribution in [2.45, 2.75) is 33.1 Å². The molecule has 0 fully saturated rings. The number of nitrogens with zero attached hydrogens (tertiary/aromatic N) is 2. The molecule has 0 atom stereocenters. The lowest BCUT2D eigenvalue weighted by Crippen LogP contribution is -2.35. The molecule has 1 aromatic heterocycles. The van der Waals surface area contributed by atoms with Gasteiger partial charge in [-0.25, -0.2) is 4.98 Å². The average Bonchev–Trinajstić information content (AvgIpc) is 2.92. The lowest BCUT2D eigenvalue weighted by Gasteiger charge is -2.18. The number of carbonyl (C=O) groups excluding carboxylic acids is 1. The highest BCUT2D eigenvalue weighted by Crippen LogP contribution is 2.43. The van der Waals surface area contributed by atoms with Crippen LogP contribution in [-0.2, 0) is 10.2 Å². The van der Waals surface area contributed by atoms with Crippen LogP contribution in [-0.4, -0.2) is 17.4 Å². The van der Waals surface area contributed by atoms with Gasteiger partial charge in [0.15, 0.2) is 11.7 Å². The quantitative estimate of drug-likeness (QED) is 0.841. The molecule has 1 aromatic carbocycles. The van der Waals surface area contributed by atoms with Crippen LogP contribution in [0.1, 0.15) is 32.2 Å². The summed E-state index contributed by atoms with van der Waals surface area (Å²) >= 11 is 0. The van der Waals surface area contributed by atoms with Crippen molar-refractivity contribution in [1.82, 2.24) is 4.98 Å². The number of rotatable bonds is 2. The van der Waals surface area contributed by atoms with Crippen LogP contribution in [0.2, 0.25) is 0 Å². The number of oxazole rings is 1. The summed E-state index contributed by atoms with van der Waals surface area (Å²) in [6, 6.07) is 6.04. The molecule has 1 amide bonds. The predicted molar refractivity (Wildman–Crippen MR) is 77.7 cm³/mol. The van der Waals surface area contributed by atoms with E-state index in [0.717, 1.165) is 22.6 Å². The van der Waals surface area contributed by atoms with Crippen LogP contribution in [0.3, 0.4) is 0 Å². The van der Waals surface area contributed by atoms with Gasteiger partial charge in [-0.05, 0) is 32.4 Å². The molecule has 20 heavy (non-hydrogen) atoms. The van der Waals surface area contributed by atoms with Gasteiger partial charge in [0.05, 0.1) is 11.6 Å². The Morgan fingerprint density at radius 1 is 1.35 bits per heavy atom. The number of aromatic nitrogens is 1. The van der Waals surface area contributed by atoms with Crippen molar-refractivity contribution in [3.05, 3.63) is 35.9 Å². The highest BCUT2D eigenvalue weighted by molar-refractivity contribution is 6.08. The molecule has 2 heterocycles. The number of fused-ring (bicyclic) bond motifs is 1. The second-order valence-corrected chi connectivity index (χ2v) is 5.65. The summed E-state index contributed by atoms with van der Waals surface area (Å²) in [7, 11) is 0. The van der Waals surface area contributed by atoms with E-state index in [-0.39, 0.29) is 5.91 Å². The SMILES string of the molecule is CCN1C(=O)C(C)(C)c2ccc(-c3cnc(C)o3)cc21. The van der Waals surface area contributed by atoms with Crippen molar-refractivity contribution in [2.24, 2.45) is 0 Å². The minimum absolute atomic E-state index is 0.154. The van der Waals surface area contributed by atoms with Crippen molar-refractivity contribution < 1.29 is 9.21 Å². The molecule has 0 aliphatic carbocycles. The molecule has 0 N–H and O–H groups in total. The lowest BCUT2D eigenvalue weighted by atomic mass is 9.86. The topological polar surface area (TPSA) is 46.3 Å². The van der Waals surface area contributed by atoms with Crippen molar-refractivity contribution >= 4 is 11.6 Å². The van der Waals surface area contributed by atoms with E-state index < -0.39 is 5.41 Å². The minimum atomic E-state index is -0.457. The van der Waals surface area contributed by atoms with Crippen LogP contribution >= 0.6 is 0 Å². The smallest absolute Gasteiger partial charge is 0.237 e. The number of carbonyl (C=O) groups is 1. The van der Waals surface area contributed by atoms with Crippen molar-refractivity contribution in [3.8, 4) is 11.3 Å². The first-order valence-corrected chi connectivity index (χ1v) is 6.84. The number of hydrogen-bond acceptors (Lipinski definition) is 3. The van der Waals surface area contributed by atoms with E-state index in [1.807, 2.05) is 50.8 Å². The lowest BCUT2D eigenvalue weighted by molar-refractivity contribution is -0.122. The predicted octanol–water partition coefficient (Wildman–Crippen LogP) is 3.29. The molecule has 0 unspecified atom stereocenters. The largest absolute Gasteiger partial charge is 0.441 e. The Balaban J connectivity index is 2.14. The molecule has 3 rings (SSSR count). The Bertz CT molecular complexity index is 686. The van der Waals surface area contributed by atoms with E-state index in [2.05, 4.69) is 4.98 Å². The summed E-state index contributed by atoms with van der Waals surface area (Å²) in [4.78, 5) is 18.4. The van der Waals surface area contributed by atoms with Crippen molar-refractivity contribution in [1.29, 1.82) is 0 Å². The standard InChI is InChI=1S/C16H18N2O2/c1-5-18-13-8-11(14-9-17-10(2)20-14)6-7-12(13)16(3,4)15(18)19/h6-9H,5H2,1-4H3. The van der Waals surface area contributed by atoms with E-state index in [0.29, 0.717) is 12.4 Å². The fourth-order valence-electron chi connectivity index (χ4n) is 2.81. The van der Waals surface area contributed by atoms with Gasteiger partial charge in [-0.2, -0.15) is 0 Å². The molecule has 104 valence electrons. The van der Waals surface area contributed by atoms with E-state index in [1.54, 1.807) is 6.20 Å². The van der Waals surface area contributed by atoms with Crippen LogP contribution in [0.5, 0.6) is 0 Å². The number of amides is 1. The van der Waals surface area contributed by atoms with Gasteiger partial charge in [0, 0.05) is 24.7 Å². The monoisotopic (exact) mass is 270 g/mol. The number of likely N-dealkylation sites (N-methyl/N-ethyl adjacent to an activating group) is 1. The molecule has 2 aromatic rings. The third-order valence-corrected chi connectivity index (χ3v) is 3.96. The molecule has 4 nitrogen and oxygen atoms in total. The normalized spacial score (nSPS) is 16.6. The van der Waals surface area contributed by atoms with Gasteiger partial charge in [0.25, 0.3) is 0 Å². The third kappa shape index (κ3) is 1.68. The number of hydrogen-bond donors (Lipinski definition) is 0. The Morgan fingerprint density at radius 3 is 2.70 bits per heavy atom. The van der Waals surface area contributed by atoms with Gasteiger partial charge in [-0.15, -0.1) is 0 Å². The zero-order chi connectivity index (χ0) is 14.5. The van der Waals surface area contributed by atoms with Crippen LogP contribution < -0.4 is 4.90 Å². The highest BCUT2D eigenvalue weighted by Gasteiger charge is 2.43. The van der Waals surface area contributed by atoms with Gasteiger partial charge < -0.3 is 9.32 Å². The minimum Gasteiger partial charge on any atom is -0.441 e. The van der Waals surface area contributed by atoms with Gasteiger partial charge in [-0.3, -0.25) is 4.79 Å². The number of benzene rings is 1. The second kappa shape index (κ2) is 4.20. The zero-order valence-electron chi connectivity index (χ0n) is 12.2. The first-order chi connectivity index (χ1) is 9.45. The molecule has 4 heteroatoms. The fourth-order valence-corrected chi connectivity index (χ4v) is 2.81. The molecule has 1 aliphatic heterocycles. The zero-order valence-corrected chi connectivity index (χ0v) is 12.2. The Labute approximate surface area is 118 Å². The molecular weight excluding hydrogens is 252 g/mol. The maximum Gasteiger partial charge on any atom is 0.237 e. The molecule has 0 radical (unpaired) electrons. The van der Waals surface area contributed by atoms with E-state index in [4.69, 9.17) is 4.42 Å². The molecular formula is C16H18N2O2. The fraction of sp³-hybridized carbons (Fsp3) is 0.375. The van der Waals surface area contributed by atoms with E-state index >= 15 is 0 Å². The summed E-state index contributed by atoms with van der Waals surface area (Å²) in [5.74, 6) is 1.53. The van der Waals surface area contributed by atoms with Gasteiger partial charge in [0.1, 0.15) is 0 Å². The van der Waals surface area contributed by atoms with Crippen molar-refractivity contribution in [2.75, 3.05) is 11.4 Å². The highest BCUT2D eigenvalue weighted by atomic mass is 16.4. The first-order valence-electron chi connectivity index (χ1n) is 6.84. The van der Waals surface area contributed by atoms with Gasteiger partial charge in [-0.1, -0.05) is 12.1 Å². The molecule has 0 saturated carbocycles. The Hall–Kier alpha value is -2.10. The van der Waals surface area contributed by atoms with Crippen molar-refractivity contribution in [3.63, 3.8) is 0 Å². The van der Waals surface area contributed by atoms with Crippen LogP contribution in [0.25, 0.3) is 11.3 Å². The Kier molecular flexibility index (Phi) is 2.71. The number of anilines is 1. The molecule has 0 saturated heterocycles. The third-order valence-electron chi connectivity index (χ3n) is 3.96. The summed E-state index contributed by atoms with van der Waals surface area (Å²) in [5, 5.41) is 0. The van der Waals surface area contributed by atoms with Crippen LogP contribution in [0.4, 0.5) is 5.69 Å². The molecule has 0 spiro atoms. The van der Waals surface area contributed by atoms with Crippen LogP contribution in [0.15, 0.2) is 28.8 Å². The summed E-state index contributed by atoms with van der Waals surface area (Å²) in [5.41, 5.74) is 2.55. The maximum atomic E-state index is 12.5. The first kappa shape index (κ1) is 12.9. The second-order valence-electron chi connectivity index (χ2n) is 5.65. The van der Waals surface area contributed by atoms with E-state index in [9.17, 15) is 4.79 Å². The maximum absolute atomic E-state index is 12.5. The number of aryl methyl sites for hydroxylation is 1. The molecule has 1 aliphatic rings. The van der Waals surface area contributed by atoms with E-state index in [1.165, 1.54) is 0 Å². The van der Waals surface area contributed by atoms with Crippen LogP contribution in [0, 0.1) is 6.92 Å². The van der Waals surface area contributed by atoms with Gasteiger partial charge in [0.2, 0.25) is 5.91 Å². The average molecular weight is 270 g/mol. The van der Waals surface area contributed by atoms with Gasteiger partial charge >= 0.3 is 0 Å². The summed E-state index contributed by atoms with van der Waals surface area (Å²) in [6.07, 6.45) is 1.72.